The summed E-state index contributed by atoms with van der Waals surface area (Å²) in [4.78, 5) is 26.9. The molecule has 1 aromatic carbocycles. The Bertz CT molecular complexity index is 527. The van der Waals surface area contributed by atoms with E-state index in [4.69, 9.17) is 5.11 Å². The average Bonchev–Trinajstić information content (AvgIpc) is 3.01. The van der Waals surface area contributed by atoms with E-state index in [2.05, 4.69) is 0 Å². The van der Waals surface area contributed by atoms with Gasteiger partial charge in [-0.2, -0.15) is 0 Å². The van der Waals surface area contributed by atoms with Crippen molar-refractivity contribution in [3.63, 3.8) is 0 Å². The van der Waals surface area contributed by atoms with Crippen LogP contribution in [0.5, 0.6) is 0 Å². The van der Waals surface area contributed by atoms with Gasteiger partial charge in [-0.05, 0) is 37.1 Å². The van der Waals surface area contributed by atoms with E-state index in [1.807, 2.05) is 0 Å². The summed E-state index contributed by atoms with van der Waals surface area (Å²) < 4.78 is 13.1. The minimum absolute atomic E-state index is 0.0144. The summed E-state index contributed by atoms with van der Waals surface area (Å²) in [6.45, 7) is 3.43. The second-order valence-electron chi connectivity index (χ2n) is 5.68. The number of halogens is 1. The third-order valence-electron chi connectivity index (χ3n) is 3.89. The van der Waals surface area contributed by atoms with Gasteiger partial charge in [0.1, 0.15) is 5.82 Å². The second-order valence-corrected chi connectivity index (χ2v) is 5.68. The first-order valence-corrected chi connectivity index (χ1v) is 7.48. The molecular weight excluding hydrogens is 287 g/mol. The summed E-state index contributed by atoms with van der Waals surface area (Å²) in [7, 11) is 0. The van der Waals surface area contributed by atoms with Crippen LogP contribution in [-0.2, 0) is 9.59 Å². The molecule has 5 nitrogen and oxygen atoms in total. The Hall–Kier alpha value is -2.11. The summed E-state index contributed by atoms with van der Waals surface area (Å²) >= 11 is 0. The Morgan fingerprint density at radius 3 is 2.41 bits per heavy atom. The zero-order valence-electron chi connectivity index (χ0n) is 12.7. The fraction of sp³-hybridized carbons (Fsp3) is 0.500. The van der Waals surface area contributed by atoms with Crippen molar-refractivity contribution < 1.29 is 19.1 Å². The minimum Gasteiger partial charge on any atom is -0.481 e. The highest BCUT2D eigenvalue weighted by Gasteiger charge is 2.23. The molecule has 0 aromatic heterocycles. The van der Waals surface area contributed by atoms with Crippen LogP contribution in [-0.4, -0.2) is 48.1 Å². The van der Waals surface area contributed by atoms with Crippen molar-refractivity contribution in [2.45, 2.75) is 19.8 Å². The van der Waals surface area contributed by atoms with Crippen molar-refractivity contribution in [2.75, 3.05) is 31.1 Å². The number of carbonyl (C=O) groups is 2. The molecule has 0 bridgehead atoms. The van der Waals surface area contributed by atoms with E-state index in [0.717, 1.165) is 25.9 Å². The van der Waals surface area contributed by atoms with Crippen molar-refractivity contribution in [2.24, 2.45) is 5.92 Å². The summed E-state index contributed by atoms with van der Waals surface area (Å²) in [6.07, 6.45) is 2.02. The number of benzene rings is 1. The predicted molar refractivity (Wildman–Crippen MR) is 81.2 cm³/mol. The van der Waals surface area contributed by atoms with Crippen LogP contribution >= 0.6 is 0 Å². The zero-order valence-corrected chi connectivity index (χ0v) is 12.7. The molecule has 1 aliphatic rings. The smallest absolute Gasteiger partial charge is 0.308 e. The van der Waals surface area contributed by atoms with E-state index in [0.29, 0.717) is 5.69 Å². The molecule has 1 atom stereocenters. The highest BCUT2D eigenvalue weighted by molar-refractivity contribution is 5.82. The molecule has 0 aliphatic carbocycles. The van der Waals surface area contributed by atoms with Gasteiger partial charge in [-0.1, -0.05) is 6.92 Å². The van der Waals surface area contributed by atoms with E-state index in [9.17, 15) is 14.0 Å². The lowest BCUT2D eigenvalue weighted by atomic mass is 10.1. The van der Waals surface area contributed by atoms with Crippen molar-refractivity contribution in [1.82, 2.24) is 4.90 Å². The highest BCUT2D eigenvalue weighted by Crippen LogP contribution is 2.18. The van der Waals surface area contributed by atoms with Crippen LogP contribution < -0.4 is 4.90 Å². The average molecular weight is 308 g/mol. The number of anilines is 1. The number of likely N-dealkylation sites (tertiary alicyclic amines) is 1. The minimum atomic E-state index is -0.916. The molecule has 1 N–H and O–H groups in total. The van der Waals surface area contributed by atoms with Crippen LogP contribution in [0.4, 0.5) is 10.1 Å². The fourth-order valence-corrected chi connectivity index (χ4v) is 2.55. The number of carboxylic acid groups (broad SMARTS) is 1. The summed E-state index contributed by atoms with van der Waals surface area (Å²) in [6, 6.07) is 5.77. The van der Waals surface area contributed by atoms with Gasteiger partial charge >= 0.3 is 5.97 Å². The van der Waals surface area contributed by atoms with Crippen LogP contribution in [0.1, 0.15) is 19.8 Å². The van der Waals surface area contributed by atoms with Gasteiger partial charge < -0.3 is 14.9 Å². The Morgan fingerprint density at radius 1 is 1.27 bits per heavy atom. The van der Waals surface area contributed by atoms with Gasteiger partial charge in [0, 0.05) is 25.3 Å². The fourth-order valence-electron chi connectivity index (χ4n) is 2.55. The van der Waals surface area contributed by atoms with Gasteiger partial charge in [0.2, 0.25) is 5.91 Å². The molecule has 1 unspecified atom stereocenters. The standard InChI is InChI=1S/C16H21FN2O3/c1-12(16(21)22)10-19(14-6-4-13(17)5-7-14)11-15(20)18-8-2-3-9-18/h4-7,12H,2-3,8-11H2,1H3,(H,21,22). The lowest BCUT2D eigenvalue weighted by molar-refractivity contribution is -0.141. The Labute approximate surface area is 129 Å². The quantitative estimate of drug-likeness (QED) is 0.873. The van der Waals surface area contributed by atoms with E-state index in [-0.39, 0.29) is 24.8 Å². The lowest BCUT2D eigenvalue weighted by Crippen LogP contribution is -2.41. The predicted octanol–water partition coefficient (Wildman–Crippen LogP) is 1.98. The second kappa shape index (κ2) is 7.24. The molecule has 0 spiro atoms. The highest BCUT2D eigenvalue weighted by atomic mass is 19.1. The van der Waals surface area contributed by atoms with Gasteiger partial charge in [-0.15, -0.1) is 0 Å². The maximum absolute atomic E-state index is 13.1. The first-order valence-electron chi connectivity index (χ1n) is 7.48. The Morgan fingerprint density at radius 2 is 1.86 bits per heavy atom. The molecule has 1 amide bonds. The molecule has 1 saturated heterocycles. The van der Waals surface area contributed by atoms with Gasteiger partial charge in [0.25, 0.3) is 0 Å². The lowest BCUT2D eigenvalue weighted by Gasteiger charge is -2.28. The topological polar surface area (TPSA) is 60.9 Å². The Kier molecular flexibility index (Phi) is 5.35. The van der Waals surface area contributed by atoms with Crippen molar-refractivity contribution in [3.8, 4) is 0 Å². The molecule has 0 saturated carbocycles. The normalized spacial score (nSPS) is 15.6. The molecule has 0 radical (unpaired) electrons. The van der Waals surface area contributed by atoms with Gasteiger partial charge in [0.15, 0.2) is 0 Å². The number of nitrogens with zero attached hydrogens (tertiary/aromatic N) is 2. The maximum atomic E-state index is 13.1. The number of hydrogen-bond donors (Lipinski definition) is 1. The zero-order chi connectivity index (χ0) is 16.1. The van der Waals surface area contributed by atoms with E-state index >= 15 is 0 Å². The largest absolute Gasteiger partial charge is 0.481 e. The number of carboxylic acids is 1. The first kappa shape index (κ1) is 16.3. The van der Waals surface area contributed by atoms with Crippen LogP contribution in [0.15, 0.2) is 24.3 Å². The van der Waals surface area contributed by atoms with E-state index in [1.54, 1.807) is 28.9 Å². The maximum Gasteiger partial charge on any atom is 0.308 e. The molecule has 6 heteroatoms. The van der Waals surface area contributed by atoms with Crippen LogP contribution in [0.25, 0.3) is 0 Å². The van der Waals surface area contributed by atoms with E-state index in [1.165, 1.54) is 12.1 Å². The number of rotatable bonds is 6. The first-order chi connectivity index (χ1) is 10.5. The molecule has 2 rings (SSSR count). The van der Waals surface area contributed by atoms with Crippen molar-refractivity contribution in [1.29, 1.82) is 0 Å². The summed E-state index contributed by atoms with van der Waals surface area (Å²) in [5.41, 5.74) is 0.655. The van der Waals surface area contributed by atoms with Crippen molar-refractivity contribution >= 4 is 17.6 Å². The third kappa shape index (κ3) is 4.19. The summed E-state index contributed by atoms with van der Waals surface area (Å²) in [5.74, 6) is -1.91. The Balaban J connectivity index is 2.11. The van der Waals surface area contributed by atoms with Crippen LogP contribution in [0.3, 0.4) is 0 Å². The molecule has 22 heavy (non-hydrogen) atoms. The molecular formula is C16H21FN2O3. The van der Waals surface area contributed by atoms with Gasteiger partial charge in [-0.3, -0.25) is 9.59 Å². The third-order valence-corrected chi connectivity index (χ3v) is 3.89. The number of carbonyl (C=O) groups excluding carboxylic acids is 1. The number of hydrogen-bond acceptors (Lipinski definition) is 3. The van der Waals surface area contributed by atoms with Gasteiger partial charge in [0.05, 0.1) is 12.5 Å². The summed E-state index contributed by atoms with van der Waals surface area (Å²) in [5, 5.41) is 9.09. The van der Waals surface area contributed by atoms with E-state index < -0.39 is 11.9 Å². The van der Waals surface area contributed by atoms with Crippen LogP contribution in [0.2, 0.25) is 0 Å². The molecule has 1 heterocycles. The number of amides is 1. The monoisotopic (exact) mass is 308 g/mol. The van der Waals surface area contributed by atoms with Gasteiger partial charge in [-0.25, -0.2) is 4.39 Å². The number of aliphatic carboxylic acids is 1. The van der Waals surface area contributed by atoms with Crippen molar-refractivity contribution in [3.05, 3.63) is 30.1 Å². The molecule has 120 valence electrons. The molecule has 1 aromatic rings. The SMILES string of the molecule is CC(CN(CC(=O)N1CCCC1)c1ccc(F)cc1)C(=O)O. The molecule has 1 aliphatic heterocycles. The molecule has 1 fully saturated rings. The van der Waals surface area contributed by atoms with Crippen LogP contribution in [0, 0.1) is 11.7 Å².